The van der Waals surface area contributed by atoms with Gasteiger partial charge in [-0.05, 0) is 19.1 Å². The maximum atomic E-state index is 13.9. The molecule has 0 aliphatic carbocycles. The van der Waals surface area contributed by atoms with Crippen molar-refractivity contribution in [2.45, 2.75) is 6.92 Å². The number of ether oxygens (including phenoxy) is 2. The van der Waals surface area contributed by atoms with Crippen LogP contribution >= 0.6 is 15.9 Å². The molecular weight excluding hydrogens is 291 g/mol. The van der Waals surface area contributed by atoms with Gasteiger partial charge in [0, 0.05) is 10.0 Å². The van der Waals surface area contributed by atoms with Crippen LogP contribution < -0.4 is 0 Å². The summed E-state index contributed by atoms with van der Waals surface area (Å²) >= 11 is 3.24. The normalized spacial score (nSPS) is 11.8. The highest BCUT2D eigenvalue weighted by Crippen LogP contribution is 2.23. The molecule has 3 nitrogen and oxygen atoms in total. The van der Waals surface area contributed by atoms with Crippen molar-refractivity contribution in [2.24, 2.45) is 0 Å². The summed E-state index contributed by atoms with van der Waals surface area (Å²) < 4.78 is 24.2. The Morgan fingerprint density at radius 3 is 2.41 bits per heavy atom. The first kappa shape index (κ1) is 13.7. The summed E-state index contributed by atoms with van der Waals surface area (Å²) in [6.45, 7) is 1.81. The first-order chi connectivity index (χ1) is 8.10. The number of hydrogen-bond acceptors (Lipinski definition) is 3. The highest BCUT2D eigenvalue weighted by Gasteiger charge is 2.19. The first-order valence-corrected chi connectivity index (χ1v) is 5.76. The Morgan fingerprint density at radius 1 is 1.35 bits per heavy atom. The van der Waals surface area contributed by atoms with Gasteiger partial charge in [-0.3, -0.25) is 0 Å². The monoisotopic (exact) mass is 302 g/mol. The Bertz CT molecular complexity index is 426. The number of carbonyl (C=O) groups is 1. The first-order valence-electron chi connectivity index (χ1n) is 4.97. The lowest BCUT2D eigenvalue weighted by Gasteiger charge is -2.07. The third-order valence-corrected chi connectivity index (χ3v) is 2.49. The number of hydrogen-bond donors (Lipinski definition) is 0. The molecule has 0 heterocycles. The minimum absolute atomic E-state index is 0.166. The van der Waals surface area contributed by atoms with Crippen molar-refractivity contribution in [3.8, 4) is 0 Å². The van der Waals surface area contributed by atoms with Crippen LogP contribution in [0, 0.1) is 0 Å². The minimum Gasteiger partial charge on any atom is -0.488 e. The summed E-state index contributed by atoms with van der Waals surface area (Å²) in [5.41, 5.74) is 0.262. The highest BCUT2D eigenvalue weighted by atomic mass is 79.9. The Kier molecular flexibility index (Phi) is 5.15. The fourth-order valence-electron chi connectivity index (χ4n) is 1.19. The molecular formula is C12H12BrFO3. The molecule has 0 amide bonds. The topological polar surface area (TPSA) is 35.5 Å². The van der Waals surface area contributed by atoms with E-state index in [0.717, 1.165) is 4.47 Å². The zero-order valence-corrected chi connectivity index (χ0v) is 11.1. The maximum Gasteiger partial charge on any atom is 0.376 e. The number of esters is 1. The molecule has 0 N–H and O–H groups in total. The van der Waals surface area contributed by atoms with Gasteiger partial charge in [0.1, 0.15) is 0 Å². The van der Waals surface area contributed by atoms with E-state index in [1.807, 2.05) is 0 Å². The molecule has 0 saturated heterocycles. The predicted molar refractivity (Wildman–Crippen MR) is 65.8 cm³/mol. The Hall–Kier alpha value is -1.36. The van der Waals surface area contributed by atoms with Crippen molar-refractivity contribution in [3.05, 3.63) is 40.1 Å². The fraction of sp³-hybridized carbons (Fsp3) is 0.250. The van der Waals surface area contributed by atoms with Crippen molar-refractivity contribution < 1.29 is 18.7 Å². The average molecular weight is 303 g/mol. The van der Waals surface area contributed by atoms with Crippen LogP contribution in [0.2, 0.25) is 0 Å². The van der Waals surface area contributed by atoms with E-state index in [0.29, 0.717) is 0 Å². The number of carbonyl (C=O) groups excluding carboxylic acids is 1. The molecule has 1 rings (SSSR count). The molecule has 1 aromatic rings. The van der Waals surface area contributed by atoms with E-state index in [-0.39, 0.29) is 12.2 Å². The third-order valence-electron chi connectivity index (χ3n) is 1.96. The summed E-state index contributed by atoms with van der Waals surface area (Å²) in [7, 11) is 1.23. The van der Waals surface area contributed by atoms with Crippen LogP contribution in [0.5, 0.6) is 0 Å². The van der Waals surface area contributed by atoms with Crippen LogP contribution in [0.25, 0.3) is 5.83 Å². The summed E-state index contributed by atoms with van der Waals surface area (Å²) in [5, 5.41) is 0. The summed E-state index contributed by atoms with van der Waals surface area (Å²) in [4.78, 5) is 11.4. The van der Waals surface area contributed by atoms with E-state index in [2.05, 4.69) is 15.9 Å². The smallest absolute Gasteiger partial charge is 0.376 e. The molecule has 0 fully saturated rings. The van der Waals surface area contributed by atoms with Gasteiger partial charge in [0.25, 0.3) is 0 Å². The summed E-state index contributed by atoms with van der Waals surface area (Å²) in [6, 6.07) is 6.43. The van der Waals surface area contributed by atoms with Gasteiger partial charge in [-0.15, -0.1) is 0 Å². The largest absolute Gasteiger partial charge is 0.488 e. The van der Waals surface area contributed by atoms with E-state index in [1.54, 1.807) is 19.1 Å². The van der Waals surface area contributed by atoms with Crippen molar-refractivity contribution >= 4 is 27.7 Å². The molecule has 0 aliphatic rings. The molecule has 0 spiro atoms. The third kappa shape index (κ3) is 3.56. The van der Waals surface area contributed by atoms with Gasteiger partial charge in [-0.1, -0.05) is 28.1 Å². The van der Waals surface area contributed by atoms with Crippen molar-refractivity contribution in [2.75, 3.05) is 13.7 Å². The number of benzene rings is 1. The Labute approximate surface area is 107 Å². The van der Waals surface area contributed by atoms with Crippen molar-refractivity contribution in [3.63, 3.8) is 0 Å². The quantitative estimate of drug-likeness (QED) is 0.486. The fourth-order valence-corrected chi connectivity index (χ4v) is 1.45. The molecule has 0 unspecified atom stereocenters. The summed E-state index contributed by atoms with van der Waals surface area (Å²) in [5.74, 6) is -1.97. The second-order valence-corrected chi connectivity index (χ2v) is 3.99. The second kappa shape index (κ2) is 6.39. The van der Waals surface area contributed by atoms with E-state index in [4.69, 9.17) is 9.47 Å². The van der Waals surface area contributed by atoms with Gasteiger partial charge in [0.2, 0.25) is 5.76 Å². The van der Waals surface area contributed by atoms with Crippen LogP contribution in [-0.2, 0) is 14.3 Å². The SMILES string of the molecule is CCOC(=O)/C(OC)=C(/F)c1ccc(Br)cc1. The zero-order valence-electron chi connectivity index (χ0n) is 9.50. The van der Waals surface area contributed by atoms with Gasteiger partial charge < -0.3 is 9.47 Å². The second-order valence-electron chi connectivity index (χ2n) is 3.07. The van der Waals surface area contributed by atoms with Crippen LogP contribution in [-0.4, -0.2) is 19.7 Å². The molecule has 0 aliphatic heterocycles. The molecule has 0 saturated carbocycles. The van der Waals surface area contributed by atoms with Crippen molar-refractivity contribution in [1.82, 2.24) is 0 Å². The molecule has 92 valence electrons. The molecule has 0 aromatic heterocycles. The summed E-state index contributed by atoms with van der Waals surface area (Å²) in [6.07, 6.45) is 0. The van der Waals surface area contributed by atoms with E-state index >= 15 is 0 Å². The standard InChI is InChI=1S/C12H12BrFO3/c1-3-17-12(15)11(16-2)10(14)8-4-6-9(13)7-5-8/h4-7H,3H2,1-2H3/b11-10-. The van der Waals surface area contributed by atoms with Crippen molar-refractivity contribution in [1.29, 1.82) is 0 Å². The molecule has 17 heavy (non-hydrogen) atoms. The van der Waals surface area contributed by atoms with Crippen LogP contribution in [0.15, 0.2) is 34.5 Å². The average Bonchev–Trinajstić information content (AvgIpc) is 2.31. The highest BCUT2D eigenvalue weighted by molar-refractivity contribution is 9.10. The predicted octanol–water partition coefficient (Wildman–Crippen LogP) is 3.30. The van der Waals surface area contributed by atoms with Gasteiger partial charge in [0.15, 0.2) is 5.83 Å². The lowest BCUT2D eigenvalue weighted by atomic mass is 10.2. The Morgan fingerprint density at radius 2 is 1.94 bits per heavy atom. The minimum atomic E-state index is -0.810. The van der Waals surface area contributed by atoms with Gasteiger partial charge in [-0.2, -0.15) is 0 Å². The molecule has 0 atom stereocenters. The molecule has 0 radical (unpaired) electrons. The lowest BCUT2D eigenvalue weighted by Crippen LogP contribution is -2.10. The Balaban J connectivity index is 3.07. The van der Waals surface area contributed by atoms with E-state index in [9.17, 15) is 9.18 Å². The van der Waals surface area contributed by atoms with E-state index < -0.39 is 17.6 Å². The van der Waals surface area contributed by atoms with Gasteiger partial charge >= 0.3 is 5.97 Å². The zero-order chi connectivity index (χ0) is 12.8. The maximum absolute atomic E-state index is 13.9. The molecule has 1 aromatic carbocycles. The van der Waals surface area contributed by atoms with Crippen LogP contribution in [0.4, 0.5) is 4.39 Å². The lowest BCUT2D eigenvalue weighted by molar-refractivity contribution is -0.142. The van der Waals surface area contributed by atoms with Crippen LogP contribution in [0.3, 0.4) is 0 Å². The van der Waals surface area contributed by atoms with Gasteiger partial charge in [-0.25, -0.2) is 9.18 Å². The molecule has 5 heteroatoms. The van der Waals surface area contributed by atoms with E-state index in [1.165, 1.54) is 19.2 Å². The number of methoxy groups -OCH3 is 1. The number of rotatable bonds is 4. The number of halogens is 2. The van der Waals surface area contributed by atoms with Gasteiger partial charge in [0.05, 0.1) is 13.7 Å². The molecule has 0 bridgehead atoms. The van der Waals surface area contributed by atoms with Crippen LogP contribution in [0.1, 0.15) is 12.5 Å².